The number of nitrogens with zero attached hydrogens (tertiary/aromatic N) is 2. The molecule has 0 saturated heterocycles. The van der Waals surface area contributed by atoms with Crippen molar-refractivity contribution in [3.8, 4) is 0 Å². The first-order valence-electron chi connectivity index (χ1n) is 7.83. The van der Waals surface area contributed by atoms with Crippen LogP contribution in [0.4, 0.5) is 0 Å². The molecule has 1 aromatic carbocycles. The maximum absolute atomic E-state index is 4.48. The van der Waals surface area contributed by atoms with Gasteiger partial charge in [-0.3, -0.25) is 4.68 Å². The molecule has 1 aromatic heterocycles. The van der Waals surface area contributed by atoms with Crippen molar-refractivity contribution in [2.75, 3.05) is 0 Å². The average molecular weight is 283 g/mol. The van der Waals surface area contributed by atoms with Crippen LogP contribution in [0.1, 0.15) is 46.8 Å². The first-order valence-corrected chi connectivity index (χ1v) is 7.83. The highest BCUT2D eigenvalue weighted by molar-refractivity contribution is 5.27. The van der Waals surface area contributed by atoms with Crippen molar-refractivity contribution in [1.82, 2.24) is 15.1 Å². The largest absolute Gasteiger partial charge is 0.310 e. The molecule has 112 valence electrons. The topological polar surface area (TPSA) is 29.9 Å². The summed E-state index contributed by atoms with van der Waals surface area (Å²) in [5.74, 6) is 0.735. The minimum Gasteiger partial charge on any atom is -0.310 e. The van der Waals surface area contributed by atoms with Crippen LogP contribution in [0.5, 0.6) is 0 Å². The van der Waals surface area contributed by atoms with Crippen LogP contribution in [-0.4, -0.2) is 15.8 Å². The number of benzene rings is 1. The highest BCUT2D eigenvalue weighted by Gasteiger charge is 2.30. The summed E-state index contributed by atoms with van der Waals surface area (Å²) in [6.45, 7) is 7.33. The fraction of sp³-hybridized carbons (Fsp3) is 0.500. The van der Waals surface area contributed by atoms with Crippen molar-refractivity contribution in [1.29, 1.82) is 0 Å². The molecule has 1 aliphatic carbocycles. The second-order valence-electron chi connectivity index (χ2n) is 6.43. The summed E-state index contributed by atoms with van der Waals surface area (Å²) in [5.41, 5.74) is 6.62. The summed E-state index contributed by atoms with van der Waals surface area (Å²) in [5, 5.41) is 8.17. The fourth-order valence-corrected chi connectivity index (χ4v) is 3.22. The summed E-state index contributed by atoms with van der Waals surface area (Å²) < 4.78 is 1.97. The van der Waals surface area contributed by atoms with Crippen LogP contribution in [0.2, 0.25) is 0 Å². The van der Waals surface area contributed by atoms with Gasteiger partial charge in [0.1, 0.15) is 0 Å². The zero-order chi connectivity index (χ0) is 15.0. The monoisotopic (exact) mass is 283 g/mol. The van der Waals surface area contributed by atoms with Crippen molar-refractivity contribution in [2.24, 2.45) is 7.05 Å². The maximum atomic E-state index is 4.48. The van der Waals surface area contributed by atoms with Gasteiger partial charge in [-0.2, -0.15) is 5.10 Å². The lowest BCUT2D eigenvalue weighted by molar-refractivity contribution is 0.289. The van der Waals surface area contributed by atoms with E-state index in [1.807, 2.05) is 11.7 Å². The summed E-state index contributed by atoms with van der Waals surface area (Å²) >= 11 is 0. The van der Waals surface area contributed by atoms with E-state index >= 15 is 0 Å². The van der Waals surface area contributed by atoms with E-state index in [9.17, 15) is 0 Å². The zero-order valence-electron chi connectivity index (χ0n) is 13.5. The van der Waals surface area contributed by atoms with Crippen LogP contribution >= 0.6 is 0 Å². The van der Waals surface area contributed by atoms with Crippen molar-refractivity contribution in [2.45, 2.75) is 52.1 Å². The van der Waals surface area contributed by atoms with Crippen molar-refractivity contribution in [3.63, 3.8) is 0 Å². The van der Waals surface area contributed by atoms with Gasteiger partial charge in [0.15, 0.2) is 0 Å². The Labute approximate surface area is 127 Å². The Hall–Kier alpha value is -1.61. The first kappa shape index (κ1) is 14.3. The Morgan fingerprint density at radius 2 is 1.81 bits per heavy atom. The normalized spacial score (nSPS) is 21.3. The van der Waals surface area contributed by atoms with Gasteiger partial charge in [0.25, 0.3) is 0 Å². The van der Waals surface area contributed by atoms with Crippen LogP contribution in [0, 0.1) is 20.8 Å². The Balaban J connectivity index is 1.52. The highest BCUT2D eigenvalue weighted by atomic mass is 15.3. The summed E-state index contributed by atoms with van der Waals surface area (Å²) in [6.07, 6.45) is 2.50. The van der Waals surface area contributed by atoms with Gasteiger partial charge in [0, 0.05) is 30.9 Å². The van der Waals surface area contributed by atoms with Crippen molar-refractivity contribution < 1.29 is 0 Å². The second kappa shape index (κ2) is 5.64. The average Bonchev–Trinajstić information content (AvgIpc) is 2.65. The lowest BCUT2D eigenvalue weighted by Gasteiger charge is -2.36. The van der Waals surface area contributed by atoms with E-state index in [2.05, 4.69) is 55.5 Å². The molecule has 21 heavy (non-hydrogen) atoms. The number of aryl methyl sites for hydroxylation is 3. The van der Waals surface area contributed by atoms with Gasteiger partial charge >= 0.3 is 0 Å². The summed E-state index contributed by atoms with van der Waals surface area (Å²) in [6, 6.07) is 9.66. The SMILES string of the molecule is Cc1ccc(C2CC(NCc3c(C)nn(C)c3C)C2)cc1. The molecule has 3 heteroatoms. The summed E-state index contributed by atoms with van der Waals surface area (Å²) in [7, 11) is 2.02. The number of rotatable bonds is 4. The Morgan fingerprint density at radius 1 is 1.14 bits per heavy atom. The smallest absolute Gasteiger partial charge is 0.0641 e. The van der Waals surface area contributed by atoms with Crippen LogP contribution in [0.25, 0.3) is 0 Å². The third-order valence-electron chi connectivity index (χ3n) is 4.91. The second-order valence-corrected chi connectivity index (χ2v) is 6.43. The predicted octanol–water partition coefficient (Wildman–Crippen LogP) is 3.38. The van der Waals surface area contributed by atoms with Gasteiger partial charge < -0.3 is 5.32 Å². The molecule has 0 aliphatic heterocycles. The van der Waals surface area contributed by atoms with E-state index in [-0.39, 0.29) is 0 Å². The van der Waals surface area contributed by atoms with E-state index in [4.69, 9.17) is 0 Å². The lowest BCUT2D eigenvalue weighted by atomic mass is 9.75. The number of hydrogen-bond acceptors (Lipinski definition) is 2. The molecule has 1 aliphatic rings. The molecule has 3 nitrogen and oxygen atoms in total. The molecule has 3 rings (SSSR count). The molecule has 0 amide bonds. The van der Waals surface area contributed by atoms with E-state index in [1.165, 1.54) is 35.2 Å². The van der Waals surface area contributed by atoms with Gasteiger partial charge in [-0.15, -0.1) is 0 Å². The van der Waals surface area contributed by atoms with Gasteiger partial charge in [-0.25, -0.2) is 0 Å². The molecule has 0 spiro atoms. The van der Waals surface area contributed by atoms with Gasteiger partial charge in [0.05, 0.1) is 5.69 Å². The van der Waals surface area contributed by atoms with Gasteiger partial charge in [-0.05, 0) is 45.1 Å². The van der Waals surface area contributed by atoms with Crippen molar-refractivity contribution >= 4 is 0 Å². The number of hydrogen-bond donors (Lipinski definition) is 1. The molecular formula is C18H25N3. The molecule has 2 aromatic rings. The van der Waals surface area contributed by atoms with Crippen LogP contribution in [0.15, 0.2) is 24.3 Å². The Kier molecular flexibility index (Phi) is 3.85. The van der Waals surface area contributed by atoms with E-state index in [0.717, 1.165) is 18.2 Å². The standard InChI is InChI=1S/C18H25N3/c1-12-5-7-15(8-6-12)16-9-17(10-16)19-11-18-13(2)20-21(4)14(18)3/h5-8,16-17,19H,9-11H2,1-4H3. The molecule has 1 heterocycles. The highest BCUT2D eigenvalue weighted by Crippen LogP contribution is 2.37. The molecule has 0 unspecified atom stereocenters. The van der Waals surface area contributed by atoms with Crippen molar-refractivity contribution in [3.05, 3.63) is 52.3 Å². The van der Waals surface area contributed by atoms with Crippen LogP contribution in [0.3, 0.4) is 0 Å². The molecule has 0 radical (unpaired) electrons. The fourth-order valence-electron chi connectivity index (χ4n) is 3.22. The van der Waals surface area contributed by atoms with Gasteiger partial charge in [0.2, 0.25) is 0 Å². The molecule has 1 N–H and O–H groups in total. The predicted molar refractivity (Wildman–Crippen MR) is 86.5 cm³/mol. The molecule has 1 fully saturated rings. The van der Waals surface area contributed by atoms with E-state index < -0.39 is 0 Å². The Morgan fingerprint density at radius 3 is 2.38 bits per heavy atom. The third-order valence-corrected chi connectivity index (χ3v) is 4.91. The quantitative estimate of drug-likeness (QED) is 0.932. The third kappa shape index (κ3) is 2.88. The minimum absolute atomic E-state index is 0.648. The molecule has 0 atom stereocenters. The Bertz CT molecular complexity index is 619. The van der Waals surface area contributed by atoms with E-state index in [1.54, 1.807) is 0 Å². The first-order chi connectivity index (χ1) is 10.0. The molecule has 1 saturated carbocycles. The molecule has 0 bridgehead atoms. The van der Waals surface area contributed by atoms with Gasteiger partial charge in [-0.1, -0.05) is 29.8 Å². The maximum Gasteiger partial charge on any atom is 0.0641 e. The zero-order valence-corrected chi connectivity index (χ0v) is 13.5. The summed E-state index contributed by atoms with van der Waals surface area (Å²) in [4.78, 5) is 0. The number of aromatic nitrogens is 2. The molecular weight excluding hydrogens is 258 g/mol. The van der Waals surface area contributed by atoms with E-state index in [0.29, 0.717) is 6.04 Å². The van der Waals surface area contributed by atoms with Crippen LogP contribution in [-0.2, 0) is 13.6 Å². The van der Waals surface area contributed by atoms with Crippen LogP contribution < -0.4 is 5.32 Å². The lowest BCUT2D eigenvalue weighted by Crippen LogP contribution is -2.39. The minimum atomic E-state index is 0.648. The number of nitrogens with one attached hydrogen (secondary N) is 1.